The van der Waals surface area contributed by atoms with E-state index in [1.165, 1.54) is 0 Å². The minimum atomic E-state index is 0.242. The van der Waals surface area contributed by atoms with E-state index < -0.39 is 0 Å². The molecule has 3 atom stereocenters. The van der Waals surface area contributed by atoms with Gasteiger partial charge in [0.25, 0.3) is 0 Å². The maximum absolute atomic E-state index is 12.6. The Morgan fingerprint density at radius 1 is 1.16 bits per heavy atom. The van der Waals surface area contributed by atoms with Crippen molar-refractivity contribution >= 4 is 11.7 Å². The Labute approximate surface area is 148 Å². The summed E-state index contributed by atoms with van der Waals surface area (Å²) in [6.45, 7) is 8.02. The van der Waals surface area contributed by atoms with Crippen molar-refractivity contribution in [3.63, 3.8) is 0 Å². The number of hydrogen-bond donors (Lipinski definition) is 0. The molecule has 0 bridgehead atoms. The number of carbonyl (C=O) groups is 1. The van der Waals surface area contributed by atoms with Gasteiger partial charge in [-0.2, -0.15) is 5.10 Å². The number of rotatable bonds is 3. The second kappa shape index (κ2) is 7.25. The van der Waals surface area contributed by atoms with E-state index in [1.807, 2.05) is 24.0 Å². The predicted molar refractivity (Wildman–Crippen MR) is 92.3 cm³/mol. The molecule has 1 aromatic heterocycles. The fraction of sp³-hybridized carbons (Fsp3) is 0.722. The van der Waals surface area contributed by atoms with E-state index >= 15 is 0 Å². The third kappa shape index (κ3) is 3.62. The number of aromatic nitrogens is 2. The number of nitrogens with zero attached hydrogens (tertiary/aromatic N) is 4. The van der Waals surface area contributed by atoms with Gasteiger partial charge in [-0.1, -0.05) is 0 Å². The van der Waals surface area contributed by atoms with E-state index in [2.05, 4.69) is 15.1 Å². The van der Waals surface area contributed by atoms with Crippen LogP contribution >= 0.6 is 0 Å². The summed E-state index contributed by atoms with van der Waals surface area (Å²) in [5.41, 5.74) is 0.928. The van der Waals surface area contributed by atoms with Crippen LogP contribution in [-0.4, -0.2) is 73.6 Å². The fourth-order valence-electron chi connectivity index (χ4n) is 4.23. The highest BCUT2D eigenvalue weighted by Crippen LogP contribution is 2.37. The maximum atomic E-state index is 12.6. The lowest BCUT2D eigenvalue weighted by atomic mass is 9.81. The molecule has 7 heteroatoms. The Balaban J connectivity index is 1.40. The Morgan fingerprint density at radius 3 is 2.76 bits per heavy atom. The van der Waals surface area contributed by atoms with Gasteiger partial charge in [0.2, 0.25) is 5.91 Å². The highest BCUT2D eigenvalue weighted by Gasteiger charge is 2.42. The molecule has 3 aliphatic rings. The van der Waals surface area contributed by atoms with Crippen LogP contribution in [0, 0.1) is 24.7 Å². The van der Waals surface area contributed by atoms with Crippen molar-refractivity contribution in [1.82, 2.24) is 15.1 Å². The van der Waals surface area contributed by atoms with E-state index in [0.717, 1.165) is 31.2 Å². The lowest BCUT2D eigenvalue weighted by Crippen LogP contribution is -2.44. The van der Waals surface area contributed by atoms with Crippen molar-refractivity contribution in [3.8, 4) is 0 Å². The van der Waals surface area contributed by atoms with Crippen molar-refractivity contribution < 1.29 is 14.3 Å². The molecule has 1 aromatic rings. The monoisotopic (exact) mass is 346 g/mol. The third-order valence-electron chi connectivity index (χ3n) is 5.67. The first-order valence-corrected chi connectivity index (χ1v) is 9.19. The molecule has 136 valence electrons. The van der Waals surface area contributed by atoms with Gasteiger partial charge in [0.05, 0.1) is 32.1 Å². The van der Waals surface area contributed by atoms with Crippen LogP contribution in [0.2, 0.25) is 0 Å². The molecular weight excluding hydrogens is 320 g/mol. The summed E-state index contributed by atoms with van der Waals surface area (Å²) in [7, 11) is 0. The maximum Gasteiger partial charge on any atom is 0.223 e. The number of hydrogen-bond acceptors (Lipinski definition) is 6. The van der Waals surface area contributed by atoms with Gasteiger partial charge in [-0.25, -0.2) is 0 Å². The van der Waals surface area contributed by atoms with Gasteiger partial charge in [0.15, 0.2) is 5.82 Å². The Morgan fingerprint density at radius 2 is 2.00 bits per heavy atom. The zero-order valence-electron chi connectivity index (χ0n) is 14.8. The number of fused-ring (bicyclic) bond motifs is 1. The molecular formula is C18H26N4O3. The largest absolute Gasteiger partial charge is 0.381 e. The number of amides is 1. The molecule has 0 radical (unpaired) electrons. The standard InChI is InChI=1S/C18H26N4O3/c1-13-2-3-17(20-19-13)22-9-15-12-25-11-14(16(15)10-22)8-18(23)21-4-6-24-7-5-21/h2-3,14-16H,4-12H2,1H3/t14-,15-,16+/m1/s1. The van der Waals surface area contributed by atoms with Gasteiger partial charge < -0.3 is 19.3 Å². The summed E-state index contributed by atoms with van der Waals surface area (Å²) in [5, 5.41) is 8.50. The zero-order valence-corrected chi connectivity index (χ0v) is 14.8. The van der Waals surface area contributed by atoms with Gasteiger partial charge >= 0.3 is 0 Å². The molecule has 3 aliphatic heterocycles. The van der Waals surface area contributed by atoms with Crippen molar-refractivity contribution in [3.05, 3.63) is 17.8 Å². The third-order valence-corrected chi connectivity index (χ3v) is 5.67. The number of carbonyl (C=O) groups excluding carboxylic acids is 1. The Hall–Kier alpha value is -1.73. The molecule has 0 unspecified atom stereocenters. The molecule has 1 amide bonds. The van der Waals surface area contributed by atoms with E-state index in [4.69, 9.17) is 9.47 Å². The second-order valence-corrected chi connectivity index (χ2v) is 7.36. The minimum Gasteiger partial charge on any atom is -0.381 e. The molecule has 0 N–H and O–H groups in total. The van der Waals surface area contributed by atoms with Crippen LogP contribution in [0.25, 0.3) is 0 Å². The summed E-state index contributed by atoms with van der Waals surface area (Å²) in [4.78, 5) is 16.9. The highest BCUT2D eigenvalue weighted by molar-refractivity contribution is 5.76. The van der Waals surface area contributed by atoms with Crippen LogP contribution in [0.15, 0.2) is 12.1 Å². The number of anilines is 1. The van der Waals surface area contributed by atoms with Crippen LogP contribution in [0.5, 0.6) is 0 Å². The zero-order chi connectivity index (χ0) is 17.2. The van der Waals surface area contributed by atoms with Crippen molar-refractivity contribution in [1.29, 1.82) is 0 Å². The van der Waals surface area contributed by atoms with Crippen LogP contribution in [-0.2, 0) is 14.3 Å². The summed E-state index contributed by atoms with van der Waals surface area (Å²) >= 11 is 0. The molecule has 4 heterocycles. The average molecular weight is 346 g/mol. The second-order valence-electron chi connectivity index (χ2n) is 7.36. The number of ether oxygens (including phenoxy) is 2. The average Bonchev–Trinajstić information content (AvgIpc) is 3.08. The first kappa shape index (κ1) is 16.7. The van der Waals surface area contributed by atoms with Gasteiger partial charge in [0.1, 0.15) is 0 Å². The molecule has 25 heavy (non-hydrogen) atoms. The quantitative estimate of drug-likeness (QED) is 0.804. The first-order chi connectivity index (χ1) is 12.2. The molecule has 7 nitrogen and oxygen atoms in total. The van der Waals surface area contributed by atoms with Gasteiger partial charge in [-0.15, -0.1) is 5.10 Å². The molecule has 0 saturated carbocycles. The first-order valence-electron chi connectivity index (χ1n) is 9.19. The predicted octanol–water partition coefficient (Wildman–Crippen LogP) is 0.733. The normalized spacial score (nSPS) is 29.6. The minimum absolute atomic E-state index is 0.242. The van der Waals surface area contributed by atoms with E-state index in [1.54, 1.807) is 0 Å². The van der Waals surface area contributed by atoms with Gasteiger partial charge in [0, 0.05) is 38.5 Å². The number of morpholine rings is 1. The number of aryl methyl sites for hydroxylation is 1. The molecule has 3 fully saturated rings. The Bertz CT molecular complexity index is 603. The van der Waals surface area contributed by atoms with Gasteiger partial charge in [-0.3, -0.25) is 4.79 Å². The van der Waals surface area contributed by atoms with Crippen LogP contribution in [0.1, 0.15) is 12.1 Å². The Kier molecular flexibility index (Phi) is 4.85. The lowest BCUT2D eigenvalue weighted by molar-refractivity contribution is -0.138. The van der Waals surface area contributed by atoms with Crippen molar-refractivity contribution in [2.24, 2.45) is 17.8 Å². The van der Waals surface area contributed by atoms with Crippen molar-refractivity contribution in [2.75, 3.05) is 57.5 Å². The van der Waals surface area contributed by atoms with E-state index in [9.17, 15) is 4.79 Å². The SMILES string of the molecule is Cc1ccc(N2C[C@@H]3COC[C@@H](CC(=O)N4CCOCC4)[C@@H]3C2)nn1. The summed E-state index contributed by atoms with van der Waals surface area (Å²) in [6.07, 6.45) is 0.578. The lowest BCUT2D eigenvalue weighted by Gasteiger charge is -2.34. The molecule has 3 saturated heterocycles. The molecule has 0 aliphatic carbocycles. The van der Waals surface area contributed by atoms with E-state index in [-0.39, 0.29) is 11.8 Å². The van der Waals surface area contributed by atoms with Crippen LogP contribution < -0.4 is 4.90 Å². The molecule has 4 rings (SSSR count). The molecule has 0 aromatic carbocycles. The summed E-state index contributed by atoms with van der Waals surface area (Å²) in [5.74, 6) is 2.42. The van der Waals surface area contributed by atoms with Crippen molar-refractivity contribution in [2.45, 2.75) is 13.3 Å². The van der Waals surface area contributed by atoms with E-state index in [0.29, 0.717) is 51.2 Å². The van der Waals surface area contributed by atoms with Crippen LogP contribution in [0.3, 0.4) is 0 Å². The topological polar surface area (TPSA) is 67.8 Å². The smallest absolute Gasteiger partial charge is 0.223 e. The molecule has 0 spiro atoms. The van der Waals surface area contributed by atoms with Crippen LogP contribution in [0.4, 0.5) is 5.82 Å². The summed E-state index contributed by atoms with van der Waals surface area (Å²) in [6, 6.07) is 4.04. The highest BCUT2D eigenvalue weighted by atomic mass is 16.5. The van der Waals surface area contributed by atoms with Gasteiger partial charge in [-0.05, 0) is 30.9 Å². The fourth-order valence-corrected chi connectivity index (χ4v) is 4.23. The summed E-state index contributed by atoms with van der Waals surface area (Å²) < 4.78 is 11.2.